The van der Waals surface area contributed by atoms with Crippen molar-refractivity contribution in [2.45, 2.75) is 45.7 Å². The van der Waals surface area contributed by atoms with Crippen molar-refractivity contribution < 1.29 is 4.79 Å². The van der Waals surface area contributed by atoms with E-state index in [-0.39, 0.29) is 17.9 Å². The summed E-state index contributed by atoms with van der Waals surface area (Å²) in [6.07, 6.45) is 3.53. The smallest absolute Gasteiger partial charge is 0.237 e. The molecule has 148 valence electrons. The Kier molecular flexibility index (Phi) is 6.15. The maximum Gasteiger partial charge on any atom is 0.237 e. The molecule has 0 spiro atoms. The number of anilines is 1. The fourth-order valence-electron chi connectivity index (χ4n) is 3.99. The highest BCUT2D eigenvalue weighted by Gasteiger charge is 2.29. The van der Waals surface area contributed by atoms with E-state index in [1.807, 2.05) is 38.1 Å². The zero-order valence-electron chi connectivity index (χ0n) is 16.9. The number of amides is 1. The molecule has 0 saturated carbocycles. The molecule has 2 unspecified atom stereocenters. The summed E-state index contributed by atoms with van der Waals surface area (Å²) in [4.78, 5) is 19.3. The Morgan fingerprint density at radius 2 is 2.21 bits per heavy atom. The van der Waals surface area contributed by atoms with Gasteiger partial charge in [0, 0.05) is 36.4 Å². The van der Waals surface area contributed by atoms with E-state index in [1.165, 1.54) is 0 Å². The number of hydrogen-bond acceptors (Lipinski definition) is 5. The lowest BCUT2D eigenvalue weighted by atomic mass is 9.93. The van der Waals surface area contributed by atoms with Gasteiger partial charge in [-0.1, -0.05) is 27.2 Å². The topological polar surface area (TPSA) is 95.0 Å². The molecule has 0 radical (unpaired) electrons. The summed E-state index contributed by atoms with van der Waals surface area (Å²) >= 11 is 0. The van der Waals surface area contributed by atoms with E-state index in [0.717, 1.165) is 42.5 Å². The van der Waals surface area contributed by atoms with Crippen LogP contribution in [0.3, 0.4) is 0 Å². The van der Waals surface area contributed by atoms with Gasteiger partial charge in [-0.25, -0.2) is 0 Å². The molecule has 2 aromatic rings. The molecule has 1 aromatic carbocycles. The van der Waals surface area contributed by atoms with E-state index in [4.69, 9.17) is 5.73 Å². The summed E-state index contributed by atoms with van der Waals surface area (Å²) in [5.41, 5.74) is 8.47. The molecule has 0 bridgehead atoms. The number of benzene rings is 1. The van der Waals surface area contributed by atoms with Crippen molar-refractivity contribution in [2.75, 3.05) is 18.0 Å². The second-order valence-electron chi connectivity index (χ2n) is 8.01. The first kappa shape index (κ1) is 20.1. The lowest BCUT2D eigenvalue weighted by Crippen LogP contribution is -2.55. The lowest BCUT2D eigenvalue weighted by Gasteiger charge is -2.39. The van der Waals surface area contributed by atoms with Crippen molar-refractivity contribution in [3.63, 3.8) is 0 Å². The summed E-state index contributed by atoms with van der Waals surface area (Å²) in [5, 5.41) is 13.5. The number of piperidine rings is 1. The largest absolute Gasteiger partial charge is 0.369 e. The third-order valence-corrected chi connectivity index (χ3v) is 5.77. The van der Waals surface area contributed by atoms with Gasteiger partial charge in [0.05, 0.1) is 17.1 Å². The maximum absolute atomic E-state index is 12.6. The van der Waals surface area contributed by atoms with Crippen LogP contribution in [0.25, 0.3) is 10.9 Å². The normalized spacial score (nSPS) is 21.8. The molecule has 3 rings (SSSR count). The first-order valence-electron chi connectivity index (χ1n) is 10.0. The van der Waals surface area contributed by atoms with Gasteiger partial charge in [0.15, 0.2) is 0 Å². The second-order valence-corrected chi connectivity index (χ2v) is 8.01. The fraction of sp³-hybridized carbons (Fsp3) is 0.500. The molecule has 1 amide bonds. The van der Waals surface area contributed by atoms with Crippen LogP contribution in [0.1, 0.15) is 39.2 Å². The van der Waals surface area contributed by atoms with E-state index < -0.39 is 6.04 Å². The van der Waals surface area contributed by atoms with E-state index in [2.05, 4.69) is 28.2 Å². The zero-order valence-corrected chi connectivity index (χ0v) is 16.9. The minimum Gasteiger partial charge on any atom is -0.369 e. The van der Waals surface area contributed by atoms with Crippen molar-refractivity contribution in [3.8, 4) is 6.07 Å². The molecule has 28 heavy (non-hydrogen) atoms. The SMILES string of the molecule is CC[C@H](C)[C@H](N)C(=O)NC1CC(C)CN(c2ccc(C#N)c3ncccc23)C1. The van der Waals surface area contributed by atoms with Crippen LogP contribution in [0, 0.1) is 23.2 Å². The minimum absolute atomic E-state index is 0.0497. The molecule has 4 atom stereocenters. The number of aromatic nitrogens is 1. The maximum atomic E-state index is 12.6. The predicted octanol–water partition coefficient (Wildman–Crippen LogP) is 2.81. The average Bonchev–Trinajstić information content (AvgIpc) is 2.71. The molecule has 0 aliphatic carbocycles. The van der Waals surface area contributed by atoms with Crippen molar-refractivity contribution in [1.82, 2.24) is 10.3 Å². The van der Waals surface area contributed by atoms with Crippen molar-refractivity contribution >= 4 is 22.5 Å². The molecule has 1 saturated heterocycles. The van der Waals surface area contributed by atoms with E-state index in [9.17, 15) is 10.1 Å². The molecule has 6 nitrogen and oxygen atoms in total. The molecule has 1 fully saturated rings. The van der Waals surface area contributed by atoms with Crippen molar-refractivity contribution in [1.29, 1.82) is 5.26 Å². The summed E-state index contributed by atoms with van der Waals surface area (Å²) < 4.78 is 0. The monoisotopic (exact) mass is 379 g/mol. The van der Waals surface area contributed by atoms with Crippen LogP contribution in [0.5, 0.6) is 0 Å². The average molecular weight is 380 g/mol. The number of nitrogens with two attached hydrogens (primary N) is 1. The second kappa shape index (κ2) is 8.57. The molecule has 1 aromatic heterocycles. The summed E-state index contributed by atoms with van der Waals surface area (Å²) in [6.45, 7) is 7.88. The van der Waals surface area contributed by atoms with E-state index >= 15 is 0 Å². The number of rotatable bonds is 5. The molecule has 3 N–H and O–H groups in total. The van der Waals surface area contributed by atoms with Gasteiger partial charge in [0.25, 0.3) is 0 Å². The van der Waals surface area contributed by atoms with Crippen LogP contribution in [-0.4, -0.2) is 36.1 Å². The lowest BCUT2D eigenvalue weighted by molar-refractivity contribution is -0.124. The van der Waals surface area contributed by atoms with Gasteiger partial charge < -0.3 is 16.0 Å². The molecule has 1 aliphatic heterocycles. The van der Waals surface area contributed by atoms with Crippen molar-refractivity contribution in [2.24, 2.45) is 17.6 Å². The Bertz CT molecular complexity index is 890. The van der Waals surface area contributed by atoms with Gasteiger partial charge in [-0.3, -0.25) is 9.78 Å². The fourth-order valence-corrected chi connectivity index (χ4v) is 3.99. The van der Waals surface area contributed by atoms with Gasteiger partial charge >= 0.3 is 0 Å². The molecular weight excluding hydrogens is 350 g/mol. The highest BCUT2D eigenvalue weighted by Crippen LogP contribution is 2.31. The Morgan fingerprint density at radius 1 is 1.43 bits per heavy atom. The van der Waals surface area contributed by atoms with Gasteiger partial charge in [0.2, 0.25) is 5.91 Å². The Labute approximate surface area is 166 Å². The van der Waals surface area contributed by atoms with Crippen LogP contribution in [0.15, 0.2) is 30.5 Å². The van der Waals surface area contributed by atoms with Crippen LogP contribution in [-0.2, 0) is 4.79 Å². The highest BCUT2D eigenvalue weighted by molar-refractivity contribution is 5.95. The Balaban J connectivity index is 1.83. The van der Waals surface area contributed by atoms with Gasteiger partial charge in [-0.15, -0.1) is 0 Å². The van der Waals surface area contributed by atoms with Crippen LogP contribution in [0.4, 0.5) is 5.69 Å². The number of fused-ring (bicyclic) bond motifs is 1. The summed E-state index contributed by atoms with van der Waals surface area (Å²) in [5.74, 6) is 0.520. The number of hydrogen-bond donors (Lipinski definition) is 2. The van der Waals surface area contributed by atoms with Gasteiger partial charge in [-0.05, 0) is 42.5 Å². The third kappa shape index (κ3) is 4.10. The Hall–Kier alpha value is -2.65. The molecule has 2 heterocycles. The predicted molar refractivity (Wildman–Crippen MR) is 112 cm³/mol. The zero-order chi connectivity index (χ0) is 20.3. The third-order valence-electron chi connectivity index (χ3n) is 5.77. The van der Waals surface area contributed by atoms with Gasteiger partial charge in [-0.2, -0.15) is 5.26 Å². The van der Waals surface area contributed by atoms with Crippen molar-refractivity contribution in [3.05, 3.63) is 36.0 Å². The summed E-state index contributed by atoms with van der Waals surface area (Å²) in [6, 6.07) is 9.51. The quantitative estimate of drug-likeness (QED) is 0.833. The number of nitrogens with one attached hydrogen (secondary N) is 1. The highest BCUT2D eigenvalue weighted by atomic mass is 16.2. The number of nitrogens with zero attached hydrogens (tertiary/aromatic N) is 3. The van der Waals surface area contributed by atoms with E-state index in [1.54, 1.807) is 6.20 Å². The first-order valence-corrected chi connectivity index (χ1v) is 10.0. The molecule has 6 heteroatoms. The minimum atomic E-state index is -0.476. The van der Waals surface area contributed by atoms with E-state index in [0.29, 0.717) is 11.5 Å². The number of carbonyl (C=O) groups excluding carboxylic acids is 1. The Morgan fingerprint density at radius 3 is 2.93 bits per heavy atom. The molecule has 1 aliphatic rings. The van der Waals surface area contributed by atoms with Crippen LogP contribution in [0.2, 0.25) is 0 Å². The number of pyridine rings is 1. The number of carbonyl (C=O) groups is 1. The van der Waals surface area contributed by atoms with Crippen LogP contribution < -0.4 is 16.0 Å². The standard InChI is InChI=1S/C22H29N5O/c1-4-15(3)20(24)22(28)26-17-10-14(2)12-27(13-17)19-8-7-16(11-23)21-18(19)6-5-9-25-21/h5-9,14-15,17,20H,4,10,12-13,24H2,1-3H3,(H,26,28)/t14?,15-,17?,20-/m0/s1. The first-order chi connectivity index (χ1) is 13.4. The number of nitriles is 1. The van der Waals surface area contributed by atoms with Gasteiger partial charge in [0.1, 0.15) is 6.07 Å². The molecular formula is C22H29N5O. The summed E-state index contributed by atoms with van der Waals surface area (Å²) in [7, 11) is 0. The van der Waals surface area contributed by atoms with Crippen LogP contribution >= 0.6 is 0 Å².